The number of rotatable bonds is 8. The van der Waals surface area contributed by atoms with Crippen molar-refractivity contribution in [2.75, 3.05) is 10.0 Å². The van der Waals surface area contributed by atoms with Gasteiger partial charge in [-0.2, -0.15) is 0 Å². The Hall–Kier alpha value is -3.92. The molecule has 4 N–H and O–H groups in total. The van der Waals surface area contributed by atoms with Crippen molar-refractivity contribution in [1.82, 2.24) is 15.6 Å². The van der Waals surface area contributed by atoms with E-state index in [-0.39, 0.29) is 16.8 Å². The van der Waals surface area contributed by atoms with Crippen molar-refractivity contribution in [2.24, 2.45) is 0 Å². The van der Waals surface area contributed by atoms with Gasteiger partial charge in [0.25, 0.3) is 15.9 Å². The SMILES string of the molecule is CC(C)NC(=O)c1ccc(S(=O)(=O)Nc2ccc(NC(=O)NCc3cccnc3)cc2)cc1. The van der Waals surface area contributed by atoms with E-state index in [1.807, 2.05) is 19.9 Å². The largest absolute Gasteiger partial charge is 0.350 e. The molecule has 10 heteroatoms. The summed E-state index contributed by atoms with van der Waals surface area (Å²) in [4.78, 5) is 28.1. The predicted octanol–water partition coefficient (Wildman–Crippen LogP) is 3.34. The first kappa shape index (κ1) is 23.7. The van der Waals surface area contributed by atoms with Gasteiger partial charge in [-0.05, 0) is 74.0 Å². The number of amides is 3. The second-order valence-corrected chi connectivity index (χ2v) is 9.19. The van der Waals surface area contributed by atoms with Crippen LogP contribution >= 0.6 is 0 Å². The average Bonchev–Trinajstić information content (AvgIpc) is 2.79. The van der Waals surface area contributed by atoms with Gasteiger partial charge in [0.1, 0.15) is 0 Å². The molecule has 0 saturated heterocycles. The first-order valence-corrected chi connectivity index (χ1v) is 11.7. The molecular weight excluding hydrogens is 442 g/mol. The van der Waals surface area contributed by atoms with E-state index < -0.39 is 16.1 Å². The maximum Gasteiger partial charge on any atom is 0.319 e. The summed E-state index contributed by atoms with van der Waals surface area (Å²) >= 11 is 0. The Morgan fingerprint density at radius 1 is 0.939 bits per heavy atom. The van der Waals surface area contributed by atoms with Crippen molar-refractivity contribution in [3.8, 4) is 0 Å². The standard InChI is InChI=1S/C23H25N5O4S/c1-16(2)26-22(29)18-5-11-21(12-6-18)33(31,32)28-20-9-7-19(8-10-20)27-23(30)25-15-17-4-3-13-24-14-17/h3-14,16,28H,15H2,1-2H3,(H,26,29)(H2,25,27,30). The molecule has 172 valence electrons. The highest BCUT2D eigenvalue weighted by Crippen LogP contribution is 2.19. The van der Waals surface area contributed by atoms with Gasteiger partial charge < -0.3 is 16.0 Å². The average molecular weight is 468 g/mol. The van der Waals surface area contributed by atoms with Crippen LogP contribution in [0.4, 0.5) is 16.2 Å². The van der Waals surface area contributed by atoms with Crippen LogP contribution in [0, 0.1) is 0 Å². The van der Waals surface area contributed by atoms with E-state index in [1.165, 1.54) is 24.3 Å². The van der Waals surface area contributed by atoms with E-state index in [4.69, 9.17) is 0 Å². The Morgan fingerprint density at radius 2 is 1.61 bits per heavy atom. The maximum absolute atomic E-state index is 12.6. The summed E-state index contributed by atoms with van der Waals surface area (Å²) in [6.07, 6.45) is 3.32. The van der Waals surface area contributed by atoms with Crippen molar-refractivity contribution < 1.29 is 18.0 Å². The maximum atomic E-state index is 12.6. The summed E-state index contributed by atoms with van der Waals surface area (Å²) in [6, 6.07) is 15.1. The Bertz CT molecular complexity index is 1200. The molecule has 33 heavy (non-hydrogen) atoms. The van der Waals surface area contributed by atoms with Crippen molar-refractivity contribution in [3.05, 3.63) is 84.2 Å². The van der Waals surface area contributed by atoms with Gasteiger partial charge in [0.15, 0.2) is 0 Å². The Balaban J connectivity index is 1.57. The molecule has 9 nitrogen and oxygen atoms in total. The second kappa shape index (κ2) is 10.6. The summed E-state index contributed by atoms with van der Waals surface area (Å²) in [5.74, 6) is -0.269. The molecule has 3 aromatic rings. The number of urea groups is 1. The summed E-state index contributed by atoms with van der Waals surface area (Å²) < 4.78 is 27.8. The molecule has 0 aliphatic carbocycles. The van der Waals surface area contributed by atoms with Crippen LogP contribution in [-0.2, 0) is 16.6 Å². The van der Waals surface area contributed by atoms with E-state index in [0.29, 0.717) is 23.5 Å². The molecule has 3 amide bonds. The molecule has 0 aliphatic heterocycles. The van der Waals surface area contributed by atoms with Crippen molar-refractivity contribution in [3.63, 3.8) is 0 Å². The molecule has 1 aromatic heterocycles. The molecule has 2 aromatic carbocycles. The first-order valence-electron chi connectivity index (χ1n) is 10.2. The lowest BCUT2D eigenvalue weighted by Crippen LogP contribution is -2.30. The summed E-state index contributed by atoms with van der Waals surface area (Å²) in [5, 5.41) is 8.14. The van der Waals surface area contributed by atoms with Gasteiger partial charge in [0.05, 0.1) is 4.90 Å². The van der Waals surface area contributed by atoms with Gasteiger partial charge in [-0.15, -0.1) is 0 Å². The fourth-order valence-corrected chi connectivity index (χ4v) is 3.89. The van der Waals surface area contributed by atoms with Crippen LogP contribution in [-0.4, -0.2) is 31.4 Å². The third-order valence-corrected chi connectivity index (χ3v) is 5.81. The van der Waals surface area contributed by atoms with Gasteiger partial charge in [-0.3, -0.25) is 14.5 Å². The minimum atomic E-state index is -3.84. The van der Waals surface area contributed by atoms with Gasteiger partial charge in [0, 0.05) is 41.9 Å². The number of nitrogens with zero attached hydrogens (tertiary/aromatic N) is 1. The topological polar surface area (TPSA) is 129 Å². The van der Waals surface area contributed by atoms with Crippen molar-refractivity contribution >= 4 is 33.3 Å². The smallest absolute Gasteiger partial charge is 0.319 e. The third-order valence-electron chi connectivity index (χ3n) is 4.42. The van der Waals surface area contributed by atoms with Gasteiger partial charge in [-0.1, -0.05) is 6.07 Å². The molecule has 0 saturated carbocycles. The van der Waals surface area contributed by atoms with E-state index >= 15 is 0 Å². The number of hydrogen-bond acceptors (Lipinski definition) is 5. The number of hydrogen-bond donors (Lipinski definition) is 4. The quantitative estimate of drug-likeness (QED) is 0.404. The van der Waals surface area contributed by atoms with E-state index in [1.54, 1.807) is 42.7 Å². The number of nitrogens with one attached hydrogen (secondary N) is 4. The number of pyridine rings is 1. The fraction of sp³-hybridized carbons (Fsp3) is 0.174. The van der Waals surface area contributed by atoms with Crippen LogP contribution < -0.4 is 20.7 Å². The lowest BCUT2D eigenvalue weighted by Gasteiger charge is -2.11. The Labute approximate surface area is 192 Å². The Morgan fingerprint density at radius 3 is 2.21 bits per heavy atom. The van der Waals surface area contributed by atoms with Gasteiger partial charge in [-0.25, -0.2) is 13.2 Å². The number of sulfonamides is 1. The normalized spacial score (nSPS) is 11.0. The number of aromatic nitrogens is 1. The monoisotopic (exact) mass is 467 g/mol. The lowest BCUT2D eigenvalue weighted by atomic mass is 10.2. The molecule has 1 heterocycles. The highest BCUT2D eigenvalue weighted by atomic mass is 32.2. The van der Waals surface area contributed by atoms with Crippen LogP contribution in [0.5, 0.6) is 0 Å². The minimum Gasteiger partial charge on any atom is -0.350 e. The zero-order valence-corrected chi connectivity index (χ0v) is 19.0. The van der Waals surface area contributed by atoms with Crippen molar-refractivity contribution in [2.45, 2.75) is 31.3 Å². The predicted molar refractivity (Wildman–Crippen MR) is 126 cm³/mol. The zero-order chi connectivity index (χ0) is 23.8. The van der Waals surface area contributed by atoms with Crippen LogP contribution in [0.25, 0.3) is 0 Å². The number of carbonyl (C=O) groups excluding carboxylic acids is 2. The van der Waals surface area contributed by atoms with Crippen LogP contribution in [0.1, 0.15) is 29.8 Å². The molecule has 0 bridgehead atoms. The fourth-order valence-electron chi connectivity index (χ4n) is 2.83. The second-order valence-electron chi connectivity index (χ2n) is 7.50. The molecule has 0 atom stereocenters. The molecule has 0 unspecified atom stereocenters. The minimum absolute atomic E-state index is 0.0210. The van der Waals surface area contributed by atoms with Crippen molar-refractivity contribution in [1.29, 1.82) is 0 Å². The van der Waals surface area contributed by atoms with Crippen LogP contribution in [0.15, 0.2) is 78.0 Å². The molecule has 0 fully saturated rings. The van der Waals surface area contributed by atoms with E-state index in [0.717, 1.165) is 5.56 Å². The molecule has 3 rings (SSSR count). The third kappa shape index (κ3) is 7.04. The van der Waals surface area contributed by atoms with Crippen LogP contribution in [0.2, 0.25) is 0 Å². The molecule has 0 spiro atoms. The summed E-state index contributed by atoms with van der Waals surface area (Å²) in [7, 11) is -3.84. The molecule has 0 aliphatic rings. The number of benzene rings is 2. The lowest BCUT2D eigenvalue weighted by molar-refractivity contribution is 0.0943. The number of carbonyl (C=O) groups is 2. The number of anilines is 2. The van der Waals surface area contributed by atoms with Gasteiger partial charge >= 0.3 is 6.03 Å². The summed E-state index contributed by atoms with van der Waals surface area (Å²) in [5.41, 5.74) is 2.07. The summed E-state index contributed by atoms with van der Waals surface area (Å²) in [6.45, 7) is 4.02. The molecule has 0 radical (unpaired) electrons. The van der Waals surface area contributed by atoms with E-state index in [9.17, 15) is 18.0 Å². The van der Waals surface area contributed by atoms with E-state index in [2.05, 4.69) is 25.7 Å². The van der Waals surface area contributed by atoms with Gasteiger partial charge in [0.2, 0.25) is 0 Å². The van der Waals surface area contributed by atoms with Crippen LogP contribution in [0.3, 0.4) is 0 Å². The zero-order valence-electron chi connectivity index (χ0n) is 18.2. The first-order chi connectivity index (χ1) is 15.7. The highest BCUT2D eigenvalue weighted by molar-refractivity contribution is 7.92. The highest BCUT2D eigenvalue weighted by Gasteiger charge is 2.16. The molecular formula is C23H25N5O4S. The Kier molecular flexibility index (Phi) is 7.62.